The van der Waals surface area contributed by atoms with Gasteiger partial charge in [0, 0.05) is 33.3 Å². The molecule has 1 saturated carbocycles. The van der Waals surface area contributed by atoms with Crippen LogP contribution in [0.2, 0.25) is 0 Å². The number of amides is 1. The molecule has 0 bridgehead atoms. The van der Waals surface area contributed by atoms with Gasteiger partial charge in [0.2, 0.25) is 0 Å². The Morgan fingerprint density at radius 2 is 2.00 bits per heavy atom. The molecule has 110 valence electrons. The predicted molar refractivity (Wildman–Crippen MR) is 73.4 cm³/mol. The molecule has 0 radical (unpaired) electrons. The van der Waals surface area contributed by atoms with Crippen molar-refractivity contribution in [2.24, 2.45) is 5.92 Å². The van der Waals surface area contributed by atoms with Crippen LogP contribution in [0.25, 0.3) is 0 Å². The summed E-state index contributed by atoms with van der Waals surface area (Å²) in [4.78, 5) is 15.0. The van der Waals surface area contributed by atoms with Gasteiger partial charge in [0.1, 0.15) is 0 Å². The lowest BCUT2D eigenvalue weighted by molar-refractivity contribution is 0.0170. The molecule has 1 atom stereocenters. The number of rotatable bonds is 4. The Hall–Kier alpha value is -0.810. The second-order valence-electron chi connectivity index (χ2n) is 5.84. The molecular weight excluding hydrogens is 244 g/mol. The van der Waals surface area contributed by atoms with Gasteiger partial charge in [-0.1, -0.05) is 19.3 Å². The van der Waals surface area contributed by atoms with E-state index in [9.17, 15) is 4.79 Å². The summed E-state index contributed by atoms with van der Waals surface area (Å²) in [5.41, 5.74) is 0. The lowest BCUT2D eigenvalue weighted by atomic mass is 9.88. The highest BCUT2D eigenvalue weighted by Gasteiger charge is 2.30. The molecule has 5 nitrogen and oxygen atoms in total. The van der Waals surface area contributed by atoms with Crippen LogP contribution in [0.1, 0.15) is 32.1 Å². The average Bonchev–Trinajstić information content (AvgIpc) is 2.42. The van der Waals surface area contributed by atoms with E-state index in [-0.39, 0.29) is 6.04 Å². The van der Waals surface area contributed by atoms with Gasteiger partial charge in [0.05, 0.1) is 12.6 Å². The Kier molecular flexibility index (Phi) is 5.45. The normalized spacial score (nSPS) is 26.6. The lowest BCUT2D eigenvalue weighted by Crippen LogP contribution is -2.57. The Balaban J connectivity index is 1.88. The Morgan fingerprint density at radius 3 is 2.63 bits per heavy atom. The van der Waals surface area contributed by atoms with Crippen LogP contribution in [0.5, 0.6) is 0 Å². The molecule has 5 heteroatoms. The van der Waals surface area contributed by atoms with Crippen molar-refractivity contribution in [3.63, 3.8) is 0 Å². The highest BCUT2D eigenvalue weighted by Crippen LogP contribution is 2.25. The minimum absolute atomic E-state index is 0.219. The minimum Gasteiger partial charge on any atom is -0.465 e. The molecule has 1 N–H and O–H groups in total. The summed E-state index contributed by atoms with van der Waals surface area (Å²) >= 11 is 0. The van der Waals surface area contributed by atoms with Crippen LogP contribution in [-0.2, 0) is 4.74 Å². The van der Waals surface area contributed by atoms with Gasteiger partial charge in [0.15, 0.2) is 0 Å². The Labute approximate surface area is 115 Å². The van der Waals surface area contributed by atoms with Crippen LogP contribution in [0.4, 0.5) is 4.79 Å². The van der Waals surface area contributed by atoms with E-state index in [4.69, 9.17) is 9.84 Å². The van der Waals surface area contributed by atoms with E-state index in [2.05, 4.69) is 4.90 Å². The van der Waals surface area contributed by atoms with E-state index < -0.39 is 6.09 Å². The number of carbonyl (C=O) groups is 1. The molecule has 0 aromatic rings. The zero-order valence-corrected chi connectivity index (χ0v) is 11.9. The fraction of sp³-hybridized carbons (Fsp3) is 0.929. The van der Waals surface area contributed by atoms with E-state index in [0.717, 1.165) is 19.0 Å². The van der Waals surface area contributed by atoms with Crippen molar-refractivity contribution in [1.82, 2.24) is 9.80 Å². The maximum Gasteiger partial charge on any atom is 0.407 e. The minimum atomic E-state index is -0.807. The van der Waals surface area contributed by atoms with Crippen molar-refractivity contribution < 1.29 is 14.6 Å². The van der Waals surface area contributed by atoms with Gasteiger partial charge in [-0.25, -0.2) is 4.79 Å². The van der Waals surface area contributed by atoms with Crippen LogP contribution >= 0.6 is 0 Å². The van der Waals surface area contributed by atoms with Crippen LogP contribution in [-0.4, -0.2) is 66.9 Å². The molecule has 1 aliphatic heterocycles. The molecule has 1 heterocycles. The van der Waals surface area contributed by atoms with Gasteiger partial charge in [-0.05, 0) is 18.8 Å². The second-order valence-corrected chi connectivity index (χ2v) is 5.84. The summed E-state index contributed by atoms with van der Waals surface area (Å²) in [6.45, 7) is 3.78. The van der Waals surface area contributed by atoms with Crippen LogP contribution in [0.3, 0.4) is 0 Å². The second kappa shape index (κ2) is 7.10. The highest BCUT2D eigenvalue weighted by molar-refractivity contribution is 5.65. The third-order valence-electron chi connectivity index (χ3n) is 4.45. The first-order valence-corrected chi connectivity index (χ1v) is 7.41. The third kappa shape index (κ3) is 4.08. The smallest absolute Gasteiger partial charge is 0.407 e. The number of methoxy groups -OCH3 is 1. The molecule has 19 heavy (non-hydrogen) atoms. The van der Waals surface area contributed by atoms with E-state index in [1.165, 1.54) is 37.0 Å². The predicted octanol–water partition coefficient (Wildman–Crippen LogP) is 1.88. The van der Waals surface area contributed by atoms with Crippen molar-refractivity contribution in [3.05, 3.63) is 0 Å². The fourth-order valence-electron chi connectivity index (χ4n) is 3.36. The first-order chi connectivity index (χ1) is 9.20. The van der Waals surface area contributed by atoms with Gasteiger partial charge in [-0.3, -0.25) is 4.90 Å². The third-order valence-corrected chi connectivity index (χ3v) is 4.45. The molecule has 1 unspecified atom stereocenters. The molecular formula is C14H26N2O3. The quantitative estimate of drug-likeness (QED) is 0.847. The van der Waals surface area contributed by atoms with Gasteiger partial charge >= 0.3 is 6.09 Å². The molecule has 0 aromatic carbocycles. The fourth-order valence-corrected chi connectivity index (χ4v) is 3.36. The molecule has 1 amide bonds. The van der Waals surface area contributed by atoms with E-state index in [1.54, 1.807) is 7.11 Å². The number of nitrogens with zero attached hydrogens (tertiary/aromatic N) is 2. The standard InChI is InChI=1S/C14H26N2O3/c1-19-11-13-10-16(14(17)18)8-7-15(13)9-12-5-3-2-4-6-12/h12-13H,2-11H2,1H3,(H,17,18). The maximum absolute atomic E-state index is 11.1. The summed E-state index contributed by atoms with van der Waals surface area (Å²) in [7, 11) is 1.69. The first-order valence-electron chi connectivity index (χ1n) is 7.41. The van der Waals surface area contributed by atoms with Gasteiger partial charge < -0.3 is 14.7 Å². The molecule has 0 aromatic heterocycles. The van der Waals surface area contributed by atoms with E-state index in [1.807, 2.05) is 0 Å². The first kappa shape index (κ1) is 14.6. The summed E-state index contributed by atoms with van der Waals surface area (Å²) in [6.07, 6.45) is 5.95. The van der Waals surface area contributed by atoms with E-state index in [0.29, 0.717) is 19.7 Å². The summed E-state index contributed by atoms with van der Waals surface area (Å²) < 4.78 is 5.27. The number of piperazine rings is 1. The zero-order valence-electron chi connectivity index (χ0n) is 11.9. The highest BCUT2D eigenvalue weighted by atomic mass is 16.5. The van der Waals surface area contributed by atoms with Crippen molar-refractivity contribution in [3.8, 4) is 0 Å². The van der Waals surface area contributed by atoms with Gasteiger partial charge in [-0.15, -0.1) is 0 Å². The number of hydrogen-bond donors (Lipinski definition) is 1. The molecule has 1 aliphatic carbocycles. The van der Waals surface area contributed by atoms with Crippen molar-refractivity contribution >= 4 is 6.09 Å². The van der Waals surface area contributed by atoms with Crippen LogP contribution in [0, 0.1) is 5.92 Å². The number of ether oxygens (including phenoxy) is 1. The molecule has 2 rings (SSSR count). The van der Waals surface area contributed by atoms with Crippen molar-refractivity contribution in [2.75, 3.05) is 39.9 Å². The van der Waals surface area contributed by atoms with Crippen molar-refractivity contribution in [1.29, 1.82) is 0 Å². The molecule has 2 aliphatic rings. The van der Waals surface area contributed by atoms with E-state index >= 15 is 0 Å². The average molecular weight is 270 g/mol. The number of hydrogen-bond acceptors (Lipinski definition) is 3. The molecule has 0 spiro atoms. The molecule has 1 saturated heterocycles. The molecule has 2 fully saturated rings. The lowest BCUT2D eigenvalue weighted by Gasteiger charge is -2.42. The Morgan fingerprint density at radius 1 is 1.26 bits per heavy atom. The SMILES string of the molecule is COCC1CN(C(=O)O)CCN1CC1CCCCC1. The summed E-state index contributed by atoms with van der Waals surface area (Å²) in [5, 5.41) is 9.10. The summed E-state index contributed by atoms with van der Waals surface area (Å²) in [6, 6.07) is 0.219. The van der Waals surface area contributed by atoms with Gasteiger partial charge in [-0.2, -0.15) is 0 Å². The zero-order chi connectivity index (χ0) is 13.7. The van der Waals surface area contributed by atoms with Gasteiger partial charge in [0.25, 0.3) is 0 Å². The largest absolute Gasteiger partial charge is 0.465 e. The summed E-state index contributed by atoms with van der Waals surface area (Å²) in [5.74, 6) is 0.796. The van der Waals surface area contributed by atoms with Crippen LogP contribution in [0.15, 0.2) is 0 Å². The monoisotopic (exact) mass is 270 g/mol. The van der Waals surface area contributed by atoms with Crippen molar-refractivity contribution in [2.45, 2.75) is 38.1 Å². The Bertz CT molecular complexity index is 292. The topological polar surface area (TPSA) is 53.0 Å². The maximum atomic E-state index is 11.1. The van der Waals surface area contributed by atoms with Crippen LogP contribution < -0.4 is 0 Å². The number of carboxylic acid groups (broad SMARTS) is 1.